The molecule has 0 atom stereocenters. The van der Waals surface area contributed by atoms with Crippen LogP contribution in [0.2, 0.25) is 0 Å². The van der Waals surface area contributed by atoms with Crippen molar-refractivity contribution in [2.75, 3.05) is 0 Å². The van der Waals surface area contributed by atoms with Gasteiger partial charge in [-0.1, -0.05) is 0 Å². The molecule has 72 valence electrons. The topological polar surface area (TPSA) is 39.4 Å². The van der Waals surface area contributed by atoms with E-state index in [2.05, 4.69) is 22.6 Å². The molecule has 0 amide bonds. The molecule has 2 rings (SSSR count). The lowest BCUT2D eigenvalue weighted by Gasteiger charge is -1.96. The number of hydrogen-bond acceptors (Lipinski definition) is 3. The summed E-state index contributed by atoms with van der Waals surface area (Å²) < 4.78 is 11.3. The van der Waals surface area contributed by atoms with Gasteiger partial charge in [-0.05, 0) is 40.8 Å². The highest BCUT2D eigenvalue weighted by Gasteiger charge is 2.08. The molecule has 0 radical (unpaired) electrons. The molecular formula is C10H7IO3. The monoisotopic (exact) mass is 302 g/mol. The van der Waals surface area contributed by atoms with Crippen molar-refractivity contribution in [3.8, 4) is 5.75 Å². The van der Waals surface area contributed by atoms with Crippen molar-refractivity contribution in [2.45, 2.75) is 6.92 Å². The Morgan fingerprint density at radius 3 is 3.00 bits per heavy atom. The minimum atomic E-state index is -0.341. The Bertz CT molecular complexity index is 487. The molecule has 4 heteroatoms. The van der Waals surface area contributed by atoms with Gasteiger partial charge in [-0.25, -0.2) is 0 Å². The first-order chi connectivity index (χ1) is 6.66. The van der Waals surface area contributed by atoms with Gasteiger partial charge >= 0.3 is 5.97 Å². The van der Waals surface area contributed by atoms with Crippen LogP contribution in [-0.2, 0) is 4.79 Å². The van der Waals surface area contributed by atoms with Gasteiger partial charge in [-0.15, -0.1) is 0 Å². The minimum Gasteiger partial charge on any atom is -0.460 e. The molecule has 0 aliphatic heterocycles. The SMILES string of the molecule is CC(=O)Oc1coc2cc(I)ccc12. The molecule has 0 unspecified atom stereocenters. The first kappa shape index (κ1) is 9.51. The second-order valence-electron chi connectivity index (χ2n) is 2.83. The molecule has 1 heterocycles. The van der Waals surface area contributed by atoms with E-state index in [0.717, 1.165) is 14.5 Å². The number of fused-ring (bicyclic) bond motifs is 1. The van der Waals surface area contributed by atoms with Crippen LogP contribution in [0.25, 0.3) is 11.0 Å². The lowest BCUT2D eigenvalue weighted by atomic mass is 10.2. The zero-order valence-electron chi connectivity index (χ0n) is 7.41. The third-order valence-corrected chi connectivity index (χ3v) is 2.43. The van der Waals surface area contributed by atoms with Crippen LogP contribution < -0.4 is 4.74 Å². The number of carbonyl (C=O) groups excluding carboxylic acids is 1. The number of esters is 1. The third kappa shape index (κ3) is 1.75. The van der Waals surface area contributed by atoms with Crippen LogP contribution in [0, 0.1) is 3.57 Å². The largest absolute Gasteiger partial charge is 0.460 e. The van der Waals surface area contributed by atoms with Crippen LogP contribution in [0.3, 0.4) is 0 Å². The average molecular weight is 302 g/mol. The average Bonchev–Trinajstić information content (AvgIpc) is 2.47. The number of benzene rings is 1. The Hall–Kier alpha value is -1.04. The van der Waals surface area contributed by atoms with E-state index in [-0.39, 0.29) is 5.97 Å². The maximum absolute atomic E-state index is 10.8. The van der Waals surface area contributed by atoms with Crippen LogP contribution >= 0.6 is 22.6 Å². The van der Waals surface area contributed by atoms with Crippen molar-refractivity contribution in [1.29, 1.82) is 0 Å². The number of furan rings is 1. The standard InChI is InChI=1S/C10H7IO3/c1-6(12)14-10-5-13-9-4-7(11)2-3-8(9)10/h2-5H,1H3. The summed E-state index contributed by atoms with van der Waals surface area (Å²) in [6.45, 7) is 1.37. The number of hydrogen-bond donors (Lipinski definition) is 0. The normalized spacial score (nSPS) is 10.4. The molecule has 3 nitrogen and oxygen atoms in total. The molecular weight excluding hydrogens is 295 g/mol. The molecule has 1 aromatic heterocycles. The molecule has 2 aromatic rings. The van der Waals surface area contributed by atoms with Gasteiger partial charge in [0.15, 0.2) is 5.75 Å². The Balaban J connectivity index is 2.52. The van der Waals surface area contributed by atoms with Gasteiger partial charge in [0.05, 0.1) is 5.39 Å². The lowest BCUT2D eigenvalue weighted by molar-refractivity contribution is -0.131. The van der Waals surface area contributed by atoms with E-state index in [1.54, 1.807) is 0 Å². The van der Waals surface area contributed by atoms with Crippen molar-refractivity contribution in [3.63, 3.8) is 0 Å². The molecule has 0 saturated carbocycles. The van der Waals surface area contributed by atoms with Gasteiger partial charge in [0, 0.05) is 10.5 Å². The van der Waals surface area contributed by atoms with E-state index in [4.69, 9.17) is 9.15 Å². The summed E-state index contributed by atoms with van der Waals surface area (Å²) in [5, 5.41) is 0.820. The number of rotatable bonds is 1. The van der Waals surface area contributed by atoms with Gasteiger partial charge in [0.1, 0.15) is 11.8 Å². The molecule has 0 bridgehead atoms. The molecule has 1 aromatic carbocycles. The van der Waals surface area contributed by atoms with Gasteiger partial charge in [-0.2, -0.15) is 0 Å². The number of ether oxygens (including phenoxy) is 1. The zero-order chi connectivity index (χ0) is 10.1. The van der Waals surface area contributed by atoms with E-state index in [1.807, 2.05) is 18.2 Å². The smallest absolute Gasteiger partial charge is 0.308 e. The third-order valence-electron chi connectivity index (χ3n) is 1.76. The Morgan fingerprint density at radius 1 is 1.50 bits per heavy atom. The molecule has 0 saturated heterocycles. The summed E-state index contributed by atoms with van der Waals surface area (Å²) in [7, 11) is 0. The van der Waals surface area contributed by atoms with Gasteiger partial charge in [0.25, 0.3) is 0 Å². The predicted octanol–water partition coefficient (Wildman–Crippen LogP) is 2.96. The van der Waals surface area contributed by atoms with Gasteiger partial charge in [0.2, 0.25) is 0 Å². The Labute approximate surface area is 94.2 Å². The second-order valence-corrected chi connectivity index (χ2v) is 4.08. The van der Waals surface area contributed by atoms with Crippen LogP contribution in [0.4, 0.5) is 0 Å². The summed E-state index contributed by atoms with van der Waals surface area (Å²) in [5.74, 6) is 0.134. The molecule has 0 spiro atoms. The number of carbonyl (C=O) groups is 1. The van der Waals surface area contributed by atoms with Gasteiger partial charge in [-0.3, -0.25) is 4.79 Å². The van der Waals surface area contributed by atoms with E-state index in [0.29, 0.717) is 5.75 Å². The highest BCUT2D eigenvalue weighted by Crippen LogP contribution is 2.29. The molecule has 0 aliphatic rings. The second kappa shape index (κ2) is 3.61. The molecule has 0 fully saturated rings. The predicted molar refractivity (Wildman–Crippen MR) is 60.2 cm³/mol. The maximum Gasteiger partial charge on any atom is 0.308 e. The van der Waals surface area contributed by atoms with E-state index in [1.165, 1.54) is 13.2 Å². The van der Waals surface area contributed by atoms with Crippen LogP contribution in [0.15, 0.2) is 28.9 Å². The van der Waals surface area contributed by atoms with Crippen molar-refractivity contribution in [2.24, 2.45) is 0 Å². The summed E-state index contributed by atoms with van der Waals surface area (Å²) in [5.41, 5.74) is 0.730. The molecule has 0 aliphatic carbocycles. The highest BCUT2D eigenvalue weighted by atomic mass is 127. The zero-order valence-corrected chi connectivity index (χ0v) is 9.57. The lowest BCUT2D eigenvalue weighted by Crippen LogP contribution is -2.00. The highest BCUT2D eigenvalue weighted by molar-refractivity contribution is 14.1. The summed E-state index contributed by atoms with van der Waals surface area (Å²) in [6, 6.07) is 5.70. The molecule has 0 N–H and O–H groups in total. The van der Waals surface area contributed by atoms with Crippen molar-refractivity contribution in [3.05, 3.63) is 28.0 Å². The quantitative estimate of drug-likeness (QED) is 0.600. The van der Waals surface area contributed by atoms with Crippen molar-refractivity contribution in [1.82, 2.24) is 0 Å². The Morgan fingerprint density at radius 2 is 2.29 bits per heavy atom. The van der Waals surface area contributed by atoms with E-state index >= 15 is 0 Å². The van der Waals surface area contributed by atoms with Crippen molar-refractivity contribution < 1.29 is 13.9 Å². The minimum absolute atomic E-state index is 0.341. The fourth-order valence-corrected chi connectivity index (χ4v) is 1.67. The van der Waals surface area contributed by atoms with Crippen LogP contribution in [0.5, 0.6) is 5.75 Å². The fraction of sp³-hybridized carbons (Fsp3) is 0.100. The summed E-state index contributed by atoms with van der Waals surface area (Å²) >= 11 is 2.19. The molecule has 14 heavy (non-hydrogen) atoms. The van der Waals surface area contributed by atoms with E-state index < -0.39 is 0 Å². The summed E-state index contributed by atoms with van der Waals surface area (Å²) in [4.78, 5) is 10.8. The summed E-state index contributed by atoms with van der Waals surface area (Å²) in [6.07, 6.45) is 1.45. The number of halogens is 1. The van der Waals surface area contributed by atoms with E-state index in [9.17, 15) is 4.79 Å². The maximum atomic E-state index is 10.8. The van der Waals surface area contributed by atoms with Gasteiger partial charge < -0.3 is 9.15 Å². The van der Waals surface area contributed by atoms with Crippen LogP contribution in [-0.4, -0.2) is 5.97 Å². The fourth-order valence-electron chi connectivity index (χ4n) is 1.21. The first-order valence-electron chi connectivity index (χ1n) is 4.02. The Kier molecular flexibility index (Phi) is 2.45. The first-order valence-corrected chi connectivity index (χ1v) is 5.10. The van der Waals surface area contributed by atoms with Crippen molar-refractivity contribution >= 4 is 39.5 Å². The van der Waals surface area contributed by atoms with Crippen LogP contribution in [0.1, 0.15) is 6.92 Å².